The zero-order chi connectivity index (χ0) is 8.97. The van der Waals surface area contributed by atoms with Crippen LogP contribution in [0.25, 0.3) is 0 Å². The highest BCUT2D eigenvalue weighted by molar-refractivity contribution is 5.78. The van der Waals surface area contributed by atoms with E-state index in [1.54, 1.807) is 0 Å². The van der Waals surface area contributed by atoms with Crippen LogP contribution in [0.1, 0.15) is 26.7 Å². The molecule has 12 heavy (non-hydrogen) atoms. The molecule has 0 aromatic carbocycles. The molecule has 0 saturated heterocycles. The third-order valence-corrected chi connectivity index (χ3v) is 1.69. The molecule has 0 aromatic heterocycles. The molecule has 0 atom stereocenters. The van der Waals surface area contributed by atoms with Crippen LogP contribution in [-0.4, -0.2) is 18.5 Å². The van der Waals surface area contributed by atoms with Crippen molar-refractivity contribution in [2.24, 2.45) is 10.7 Å². The smallest absolute Gasteiger partial charge is 0.189 e. The van der Waals surface area contributed by atoms with Crippen LogP contribution in [0.2, 0.25) is 0 Å². The number of rotatable bonds is 3. The Kier molecular flexibility index (Phi) is 3.14. The van der Waals surface area contributed by atoms with Gasteiger partial charge in [0.15, 0.2) is 5.96 Å². The number of nitrogens with one attached hydrogen (secondary N) is 1. The average Bonchev–Trinajstić information content (AvgIpc) is 2.70. The highest BCUT2D eigenvalue weighted by Crippen LogP contribution is 2.17. The highest BCUT2D eigenvalue weighted by Gasteiger charge is 2.20. The lowest BCUT2D eigenvalue weighted by molar-refractivity contribution is 0.889. The molecule has 0 spiro atoms. The molecule has 0 radical (unpaired) electrons. The summed E-state index contributed by atoms with van der Waals surface area (Å²) in [4.78, 5) is 4.15. The first-order chi connectivity index (χ1) is 5.68. The van der Waals surface area contributed by atoms with Gasteiger partial charge in [-0.3, -0.25) is 0 Å². The summed E-state index contributed by atoms with van der Waals surface area (Å²) in [5.41, 5.74) is 6.89. The fraction of sp³-hybridized carbons (Fsp3) is 0.667. The van der Waals surface area contributed by atoms with E-state index in [2.05, 4.69) is 30.2 Å². The second kappa shape index (κ2) is 4.14. The fourth-order valence-corrected chi connectivity index (χ4v) is 0.809. The largest absolute Gasteiger partial charge is 0.370 e. The van der Waals surface area contributed by atoms with E-state index in [9.17, 15) is 0 Å². The van der Waals surface area contributed by atoms with Gasteiger partial charge in [0.05, 0.1) is 6.54 Å². The summed E-state index contributed by atoms with van der Waals surface area (Å²) < 4.78 is 0. The van der Waals surface area contributed by atoms with Crippen molar-refractivity contribution in [2.75, 3.05) is 6.54 Å². The molecule has 0 amide bonds. The molecule has 0 aliphatic heterocycles. The summed E-state index contributed by atoms with van der Waals surface area (Å²) in [6.07, 6.45) is 4.53. The van der Waals surface area contributed by atoms with Gasteiger partial charge in [-0.1, -0.05) is 11.6 Å². The van der Waals surface area contributed by atoms with Gasteiger partial charge in [0.25, 0.3) is 0 Å². The van der Waals surface area contributed by atoms with Crippen LogP contribution in [0, 0.1) is 0 Å². The number of allylic oxidation sites excluding steroid dienone is 1. The Balaban J connectivity index is 2.19. The standard InChI is InChI=1S/C9H17N3/c1-7(2)5-6-11-9(10)12-8-3-4-8/h5,8H,3-4,6H2,1-2H3,(H3,10,11,12). The second-order valence-corrected chi connectivity index (χ2v) is 3.43. The molecule has 0 bridgehead atoms. The lowest BCUT2D eigenvalue weighted by Gasteiger charge is -2.00. The summed E-state index contributed by atoms with van der Waals surface area (Å²) in [6.45, 7) is 4.80. The molecule has 0 heterocycles. The average molecular weight is 167 g/mol. The maximum atomic E-state index is 5.61. The minimum absolute atomic E-state index is 0.579. The molecule has 1 saturated carbocycles. The van der Waals surface area contributed by atoms with Gasteiger partial charge in [-0.05, 0) is 26.7 Å². The summed E-state index contributed by atoms with van der Waals surface area (Å²) in [5.74, 6) is 0.579. The zero-order valence-corrected chi connectivity index (χ0v) is 7.80. The Morgan fingerprint density at radius 2 is 2.25 bits per heavy atom. The number of guanidine groups is 1. The van der Waals surface area contributed by atoms with Gasteiger partial charge in [0.1, 0.15) is 0 Å². The first-order valence-corrected chi connectivity index (χ1v) is 4.38. The van der Waals surface area contributed by atoms with Gasteiger partial charge in [-0.2, -0.15) is 0 Å². The topological polar surface area (TPSA) is 50.4 Å². The first kappa shape index (κ1) is 9.10. The van der Waals surface area contributed by atoms with Crippen molar-refractivity contribution < 1.29 is 0 Å². The van der Waals surface area contributed by atoms with E-state index in [1.807, 2.05) is 0 Å². The van der Waals surface area contributed by atoms with Crippen LogP contribution >= 0.6 is 0 Å². The molecule has 1 fully saturated rings. The van der Waals surface area contributed by atoms with Crippen LogP contribution in [0.4, 0.5) is 0 Å². The number of aliphatic imine (C=N–C) groups is 1. The number of nitrogens with zero attached hydrogens (tertiary/aromatic N) is 1. The first-order valence-electron chi connectivity index (χ1n) is 4.38. The highest BCUT2D eigenvalue weighted by atomic mass is 15.1. The Morgan fingerprint density at radius 3 is 2.75 bits per heavy atom. The SMILES string of the molecule is CC(C)=CCN=C(N)NC1CC1. The maximum absolute atomic E-state index is 5.61. The molecule has 1 aliphatic rings. The van der Waals surface area contributed by atoms with Crippen LogP contribution in [0.3, 0.4) is 0 Å². The number of nitrogens with two attached hydrogens (primary N) is 1. The normalized spacial score (nSPS) is 17.3. The minimum atomic E-state index is 0.579. The number of hydrogen-bond donors (Lipinski definition) is 2. The second-order valence-electron chi connectivity index (χ2n) is 3.43. The molecule has 3 nitrogen and oxygen atoms in total. The Hall–Kier alpha value is -0.990. The van der Waals surface area contributed by atoms with E-state index in [-0.39, 0.29) is 0 Å². The van der Waals surface area contributed by atoms with Crippen molar-refractivity contribution in [1.82, 2.24) is 5.32 Å². The summed E-state index contributed by atoms with van der Waals surface area (Å²) in [5, 5.41) is 3.13. The summed E-state index contributed by atoms with van der Waals surface area (Å²) >= 11 is 0. The monoisotopic (exact) mass is 167 g/mol. The molecule has 68 valence electrons. The Bertz CT molecular complexity index is 198. The van der Waals surface area contributed by atoms with Crippen LogP contribution < -0.4 is 11.1 Å². The van der Waals surface area contributed by atoms with E-state index < -0.39 is 0 Å². The van der Waals surface area contributed by atoms with Gasteiger partial charge in [0, 0.05) is 6.04 Å². The van der Waals surface area contributed by atoms with Gasteiger partial charge >= 0.3 is 0 Å². The van der Waals surface area contributed by atoms with Gasteiger partial charge < -0.3 is 11.1 Å². The van der Waals surface area contributed by atoms with Crippen LogP contribution in [0.5, 0.6) is 0 Å². The molecule has 3 N–H and O–H groups in total. The summed E-state index contributed by atoms with van der Waals surface area (Å²) in [7, 11) is 0. The van der Waals surface area contributed by atoms with Crippen molar-refractivity contribution in [3.05, 3.63) is 11.6 Å². The maximum Gasteiger partial charge on any atom is 0.189 e. The predicted octanol–water partition coefficient (Wildman–Crippen LogP) is 1.02. The summed E-state index contributed by atoms with van der Waals surface area (Å²) in [6, 6.07) is 0.598. The Morgan fingerprint density at radius 1 is 1.58 bits per heavy atom. The lowest BCUT2D eigenvalue weighted by atomic mass is 10.3. The van der Waals surface area contributed by atoms with Crippen molar-refractivity contribution in [3.8, 4) is 0 Å². The predicted molar refractivity (Wildman–Crippen MR) is 52.1 cm³/mol. The van der Waals surface area contributed by atoms with Crippen LogP contribution in [-0.2, 0) is 0 Å². The van der Waals surface area contributed by atoms with Gasteiger partial charge in [-0.15, -0.1) is 0 Å². The van der Waals surface area contributed by atoms with Crippen molar-refractivity contribution in [1.29, 1.82) is 0 Å². The molecule has 0 aromatic rings. The van der Waals surface area contributed by atoms with E-state index >= 15 is 0 Å². The Labute approximate surface area is 73.7 Å². The van der Waals surface area contributed by atoms with Gasteiger partial charge in [0.2, 0.25) is 0 Å². The van der Waals surface area contributed by atoms with Crippen LogP contribution in [0.15, 0.2) is 16.6 Å². The lowest BCUT2D eigenvalue weighted by Crippen LogP contribution is -2.33. The fourth-order valence-electron chi connectivity index (χ4n) is 0.809. The van der Waals surface area contributed by atoms with Crippen molar-refractivity contribution >= 4 is 5.96 Å². The molecular weight excluding hydrogens is 150 g/mol. The van der Waals surface area contributed by atoms with E-state index in [0.29, 0.717) is 18.5 Å². The molecule has 3 heteroatoms. The van der Waals surface area contributed by atoms with E-state index in [1.165, 1.54) is 18.4 Å². The molecule has 1 aliphatic carbocycles. The molecule has 1 rings (SSSR count). The van der Waals surface area contributed by atoms with Crippen molar-refractivity contribution in [2.45, 2.75) is 32.7 Å². The molecule has 0 unspecified atom stereocenters. The minimum Gasteiger partial charge on any atom is -0.370 e. The van der Waals surface area contributed by atoms with Gasteiger partial charge in [-0.25, -0.2) is 4.99 Å². The zero-order valence-electron chi connectivity index (χ0n) is 7.80. The third-order valence-electron chi connectivity index (χ3n) is 1.69. The molecular formula is C9H17N3. The third kappa shape index (κ3) is 4.01. The van der Waals surface area contributed by atoms with E-state index in [0.717, 1.165) is 0 Å². The quantitative estimate of drug-likeness (QED) is 0.374. The van der Waals surface area contributed by atoms with E-state index in [4.69, 9.17) is 5.73 Å². The number of hydrogen-bond acceptors (Lipinski definition) is 1. The van der Waals surface area contributed by atoms with Crippen molar-refractivity contribution in [3.63, 3.8) is 0 Å².